The number of aryl methyl sites for hydroxylation is 3. The summed E-state index contributed by atoms with van der Waals surface area (Å²) < 4.78 is 0. The zero-order valence-electron chi connectivity index (χ0n) is 31.2. The highest BCUT2D eigenvalue weighted by Crippen LogP contribution is 2.53. The average molecular weight is 685 g/mol. The number of hydrogen-bond acceptors (Lipinski definition) is 2. The van der Waals surface area contributed by atoms with Gasteiger partial charge in [0, 0.05) is 16.6 Å². The van der Waals surface area contributed by atoms with Crippen LogP contribution in [0, 0.1) is 20.8 Å². The molecule has 1 heterocycles. The minimum atomic E-state index is 0.0373. The third-order valence-electron chi connectivity index (χ3n) is 11.5. The van der Waals surface area contributed by atoms with Gasteiger partial charge in [-0.1, -0.05) is 171 Å². The maximum Gasteiger partial charge on any atom is 0.134 e. The Hall–Kier alpha value is -5.99. The van der Waals surface area contributed by atoms with Gasteiger partial charge in [-0.3, -0.25) is 4.99 Å². The van der Waals surface area contributed by atoms with Crippen LogP contribution in [0.15, 0.2) is 162 Å². The molecular weight excluding hydrogens is 641 g/mol. The summed E-state index contributed by atoms with van der Waals surface area (Å²) >= 11 is 0. The number of allylic oxidation sites excluding steroid dienone is 2. The van der Waals surface area contributed by atoms with Crippen LogP contribution in [0.3, 0.4) is 0 Å². The van der Waals surface area contributed by atoms with Crippen molar-refractivity contribution in [2.75, 3.05) is 0 Å². The van der Waals surface area contributed by atoms with Crippen molar-refractivity contribution in [3.8, 4) is 33.4 Å². The molecule has 1 atom stereocenters. The van der Waals surface area contributed by atoms with Gasteiger partial charge in [0.05, 0.1) is 11.7 Å². The van der Waals surface area contributed by atoms with Crippen LogP contribution in [0.5, 0.6) is 0 Å². The fourth-order valence-electron chi connectivity index (χ4n) is 8.94. The number of benzene rings is 6. The number of aliphatic imine (C=N–C) groups is 1. The Balaban J connectivity index is 0.000000146. The second kappa shape index (κ2) is 12.9. The summed E-state index contributed by atoms with van der Waals surface area (Å²) in [7, 11) is 0. The fraction of sp³-hybridized carbons (Fsp3) is 0.157. The fourth-order valence-corrected chi connectivity index (χ4v) is 8.94. The van der Waals surface area contributed by atoms with Crippen LogP contribution < -0.4 is 5.32 Å². The zero-order valence-corrected chi connectivity index (χ0v) is 31.2. The van der Waals surface area contributed by atoms with Gasteiger partial charge in [0.25, 0.3) is 0 Å². The molecule has 0 aromatic heterocycles. The van der Waals surface area contributed by atoms with E-state index in [1.165, 1.54) is 89.0 Å². The average Bonchev–Trinajstić information content (AvgIpc) is 3.67. The molecule has 53 heavy (non-hydrogen) atoms. The van der Waals surface area contributed by atoms with Gasteiger partial charge in [0.2, 0.25) is 0 Å². The second-order valence-electron chi connectivity index (χ2n) is 15.3. The van der Waals surface area contributed by atoms with Gasteiger partial charge >= 0.3 is 0 Å². The molecule has 0 saturated heterocycles. The standard InChI is InChI=1S/C28H22N2.C23H22/c1-18-14-15-20-17-21-10-7-12-23(26(21)24(20)16-18)28-29-25-13-6-5-11-22(25)27(30-28)19-8-3-2-4-9-19;1-15-9-5-6-10-17(15)21-16(2)13-14-19-18-11-7-8-12-20(18)23(3,4)22(19)21/h2-16,25H,17H2,1H3,(H,29,30);5-14H,1-4H3. The van der Waals surface area contributed by atoms with Crippen LogP contribution >= 0.6 is 0 Å². The molecule has 0 radical (unpaired) electrons. The van der Waals surface area contributed by atoms with Crippen molar-refractivity contribution < 1.29 is 0 Å². The van der Waals surface area contributed by atoms with Crippen molar-refractivity contribution >= 4 is 11.5 Å². The Bertz CT molecular complexity index is 2560. The molecule has 2 heteroatoms. The molecule has 2 nitrogen and oxygen atoms in total. The molecule has 0 fully saturated rings. The number of nitrogens with zero attached hydrogens (tertiary/aromatic N) is 1. The van der Waals surface area contributed by atoms with E-state index in [1.54, 1.807) is 0 Å². The predicted molar refractivity (Wildman–Crippen MR) is 223 cm³/mol. The summed E-state index contributed by atoms with van der Waals surface area (Å²) in [6, 6.07) is 46.2. The SMILES string of the molecule is Cc1ccc2c(c1)-c1c(cccc1C1=NC3C=CC=CC3=C(c3ccccc3)N1)C2.Cc1ccccc1-c1c(C)ccc2c1C(C)(C)c1ccccc1-2. The van der Waals surface area contributed by atoms with E-state index in [9.17, 15) is 0 Å². The van der Waals surface area contributed by atoms with E-state index < -0.39 is 0 Å². The first-order valence-electron chi connectivity index (χ1n) is 18.8. The first-order valence-corrected chi connectivity index (χ1v) is 18.8. The Labute approximate surface area is 314 Å². The zero-order chi connectivity index (χ0) is 36.3. The van der Waals surface area contributed by atoms with Crippen LogP contribution in [0.1, 0.15) is 63.9 Å². The molecule has 1 aliphatic heterocycles. The molecule has 1 N–H and O–H groups in total. The quantitative estimate of drug-likeness (QED) is 0.197. The third-order valence-corrected chi connectivity index (χ3v) is 11.5. The molecule has 258 valence electrons. The van der Waals surface area contributed by atoms with E-state index in [-0.39, 0.29) is 11.5 Å². The van der Waals surface area contributed by atoms with Crippen molar-refractivity contribution in [1.29, 1.82) is 0 Å². The minimum absolute atomic E-state index is 0.0373. The van der Waals surface area contributed by atoms with Crippen molar-refractivity contribution in [2.24, 2.45) is 4.99 Å². The largest absolute Gasteiger partial charge is 0.339 e. The molecule has 4 aliphatic rings. The number of rotatable bonds is 3. The van der Waals surface area contributed by atoms with Crippen molar-refractivity contribution in [3.63, 3.8) is 0 Å². The molecule has 10 rings (SSSR count). The third kappa shape index (κ3) is 5.52. The Morgan fingerprint density at radius 1 is 0.604 bits per heavy atom. The van der Waals surface area contributed by atoms with Crippen LogP contribution in [-0.2, 0) is 11.8 Å². The van der Waals surface area contributed by atoms with Gasteiger partial charge in [-0.25, -0.2) is 0 Å². The van der Waals surface area contributed by atoms with E-state index in [2.05, 4.69) is 192 Å². The highest BCUT2D eigenvalue weighted by atomic mass is 15.1. The van der Waals surface area contributed by atoms with E-state index in [0.717, 1.165) is 18.0 Å². The number of hydrogen-bond donors (Lipinski definition) is 1. The van der Waals surface area contributed by atoms with Crippen LogP contribution in [0.25, 0.3) is 39.1 Å². The van der Waals surface area contributed by atoms with Gasteiger partial charge in [-0.2, -0.15) is 0 Å². The van der Waals surface area contributed by atoms with Gasteiger partial charge in [-0.15, -0.1) is 0 Å². The van der Waals surface area contributed by atoms with E-state index in [0.29, 0.717) is 0 Å². The molecule has 0 spiro atoms. The topological polar surface area (TPSA) is 24.4 Å². The molecular formula is C51H44N2. The molecule has 3 aliphatic carbocycles. The lowest BCUT2D eigenvalue weighted by Gasteiger charge is -2.28. The summed E-state index contributed by atoms with van der Waals surface area (Å²) in [5.41, 5.74) is 22.7. The van der Waals surface area contributed by atoms with Crippen LogP contribution in [-0.4, -0.2) is 11.9 Å². The first kappa shape index (κ1) is 32.9. The van der Waals surface area contributed by atoms with Gasteiger partial charge in [0.15, 0.2) is 0 Å². The summed E-state index contributed by atoms with van der Waals surface area (Å²) in [6.07, 6.45) is 9.53. The Morgan fingerprint density at radius 3 is 2.19 bits per heavy atom. The maximum atomic E-state index is 5.13. The lowest BCUT2D eigenvalue weighted by atomic mass is 9.77. The van der Waals surface area contributed by atoms with Crippen molar-refractivity contribution in [3.05, 3.63) is 207 Å². The Morgan fingerprint density at radius 2 is 1.36 bits per heavy atom. The Kier molecular flexibility index (Phi) is 8.00. The van der Waals surface area contributed by atoms with Gasteiger partial charge in [0.1, 0.15) is 5.84 Å². The van der Waals surface area contributed by atoms with Gasteiger partial charge in [-0.05, 0) is 99.5 Å². The first-order chi connectivity index (χ1) is 25.8. The predicted octanol–water partition coefficient (Wildman–Crippen LogP) is 12.1. The molecule has 0 bridgehead atoms. The number of nitrogens with one attached hydrogen (secondary N) is 1. The van der Waals surface area contributed by atoms with E-state index in [1.807, 2.05) is 0 Å². The summed E-state index contributed by atoms with van der Waals surface area (Å²) in [5.74, 6) is 0.953. The smallest absolute Gasteiger partial charge is 0.134 e. The molecule has 6 aromatic carbocycles. The minimum Gasteiger partial charge on any atom is -0.339 e. The second-order valence-corrected chi connectivity index (χ2v) is 15.3. The van der Waals surface area contributed by atoms with Crippen LogP contribution in [0.4, 0.5) is 0 Å². The highest BCUT2D eigenvalue weighted by molar-refractivity contribution is 6.11. The molecule has 1 unspecified atom stereocenters. The maximum absolute atomic E-state index is 5.13. The van der Waals surface area contributed by atoms with Crippen LogP contribution in [0.2, 0.25) is 0 Å². The summed E-state index contributed by atoms with van der Waals surface area (Å²) in [6.45, 7) is 11.3. The van der Waals surface area contributed by atoms with E-state index in [4.69, 9.17) is 4.99 Å². The molecule has 6 aromatic rings. The normalized spacial score (nSPS) is 16.7. The monoisotopic (exact) mass is 684 g/mol. The molecule has 0 saturated carbocycles. The molecule has 0 amide bonds. The highest BCUT2D eigenvalue weighted by Gasteiger charge is 2.38. The number of amidine groups is 1. The van der Waals surface area contributed by atoms with Gasteiger partial charge < -0.3 is 5.32 Å². The summed E-state index contributed by atoms with van der Waals surface area (Å²) in [5, 5.41) is 3.70. The lowest BCUT2D eigenvalue weighted by molar-refractivity contribution is 0.661. The van der Waals surface area contributed by atoms with Crippen molar-refractivity contribution in [1.82, 2.24) is 5.32 Å². The van der Waals surface area contributed by atoms with Crippen molar-refractivity contribution in [2.45, 2.75) is 52.5 Å². The summed E-state index contributed by atoms with van der Waals surface area (Å²) in [4.78, 5) is 5.13. The number of fused-ring (bicyclic) bond motifs is 7. The lowest BCUT2D eigenvalue weighted by Crippen LogP contribution is -2.32. The van der Waals surface area contributed by atoms with E-state index >= 15 is 0 Å².